The molecule has 104 valence electrons. The minimum Gasteiger partial charge on any atom is -0.494 e. The normalized spacial score (nSPS) is 17.2. The molecule has 0 aromatic heterocycles. The van der Waals surface area contributed by atoms with Crippen molar-refractivity contribution in [3.63, 3.8) is 0 Å². The van der Waals surface area contributed by atoms with Crippen molar-refractivity contribution in [1.29, 1.82) is 5.26 Å². The second-order valence-corrected chi connectivity index (χ2v) is 5.36. The molecule has 2 nitrogen and oxygen atoms in total. The summed E-state index contributed by atoms with van der Waals surface area (Å²) in [6, 6.07) is 2.03. The minimum atomic E-state index is 0.436. The molecule has 1 aliphatic carbocycles. The standard InChI is InChI=1S/C17H25NO/c1-4-14(2)7-10-17(12-15(3)13-18)19-11-5-6-16-8-9-16/h7,10,12,14,16H,3-6,8-9,11H2,1-2H3/b10-7-,17-12+. The van der Waals surface area contributed by atoms with Crippen molar-refractivity contribution in [2.45, 2.75) is 46.0 Å². The third kappa shape index (κ3) is 7.51. The predicted octanol–water partition coefficient (Wildman–Crippen LogP) is 4.76. The summed E-state index contributed by atoms with van der Waals surface area (Å²) in [4.78, 5) is 0. The van der Waals surface area contributed by atoms with Crippen molar-refractivity contribution in [1.82, 2.24) is 0 Å². The van der Waals surface area contributed by atoms with Gasteiger partial charge < -0.3 is 4.74 Å². The van der Waals surface area contributed by atoms with Crippen LogP contribution >= 0.6 is 0 Å². The number of rotatable bonds is 9. The predicted molar refractivity (Wildman–Crippen MR) is 79.3 cm³/mol. The van der Waals surface area contributed by atoms with Gasteiger partial charge in [-0.1, -0.05) is 45.8 Å². The highest BCUT2D eigenvalue weighted by Gasteiger charge is 2.20. The number of nitriles is 1. The molecule has 1 fully saturated rings. The van der Waals surface area contributed by atoms with Crippen LogP contribution in [0.2, 0.25) is 0 Å². The molecule has 1 aliphatic rings. The number of nitrogens with zero attached hydrogens (tertiary/aromatic N) is 1. The Hall–Kier alpha value is -1.49. The zero-order chi connectivity index (χ0) is 14.1. The molecule has 0 aliphatic heterocycles. The SMILES string of the molecule is C=C(C#N)/C=C(\C=C/C(C)CC)OCCCC1CC1. The number of ether oxygens (including phenoxy) is 1. The Balaban J connectivity index is 2.43. The number of hydrogen-bond donors (Lipinski definition) is 0. The van der Waals surface area contributed by atoms with Gasteiger partial charge in [0.15, 0.2) is 0 Å². The fourth-order valence-corrected chi connectivity index (χ4v) is 1.71. The summed E-state index contributed by atoms with van der Waals surface area (Å²) in [5.41, 5.74) is 0.436. The monoisotopic (exact) mass is 259 g/mol. The van der Waals surface area contributed by atoms with E-state index >= 15 is 0 Å². The Morgan fingerprint density at radius 2 is 2.26 bits per heavy atom. The molecule has 19 heavy (non-hydrogen) atoms. The van der Waals surface area contributed by atoms with E-state index in [1.165, 1.54) is 19.3 Å². The van der Waals surface area contributed by atoms with Crippen LogP contribution < -0.4 is 0 Å². The lowest BCUT2D eigenvalue weighted by Gasteiger charge is -2.08. The van der Waals surface area contributed by atoms with Crippen LogP contribution in [-0.2, 0) is 4.74 Å². The highest BCUT2D eigenvalue weighted by molar-refractivity contribution is 5.34. The van der Waals surface area contributed by atoms with E-state index < -0.39 is 0 Å². The first-order chi connectivity index (χ1) is 9.15. The van der Waals surface area contributed by atoms with Crippen LogP contribution in [0.3, 0.4) is 0 Å². The Kier molecular flexibility index (Phi) is 7.03. The highest BCUT2D eigenvalue weighted by atomic mass is 16.5. The van der Waals surface area contributed by atoms with Gasteiger partial charge in [0.2, 0.25) is 0 Å². The Morgan fingerprint density at radius 3 is 2.84 bits per heavy atom. The van der Waals surface area contributed by atoms with E-state index in [2.05, 4.69) is 26.5 Å². The third-order valence-electron chi connectivity index (χ3n) is 3.42. The maximum Gasteiger partial charge on any atom is 0.120 e. The number of allylic oxidation sites excluding steroid dienone is 4. The smallest absolute Gasteiger partial charge is 0.120 e. The molecule has 0 radical (unpaired) electrons. The van der Waals surface area contributed by atoms with Crippen molar-refractivity contribution in [3.8, 4) is 6.07 Å². The van der Waals surface area contributed by atoms with Gasteiger partial charge in [0, 0.05) is 5.57 Å². The van der Waals surface area contributed by atoms with Crippen LogP contribution in [0.25, 0.3) is 0 Å². The Labute approximate surface area is 117 Å². The molecule has 0 amide bonds. The summed E-state index contributed by atoms with van der Waals surface area (Å²) in [6.07, 6.45) is 12.1. The first-order valence-electron chi connectivity index (χ1n) is 7.27. The van der Waals surface area contributed by atoms with Gasteiger partial charge in [0.25, 0.3) is 0 Å². The minimum absolute atomic E-state index is 0.436. The average Bonchev–Trinajstić information content (AvgIpc) is 3.23. The molecule has 0 spiro atoms. The molecule has 1 unspecified atom stereocenters. The van der Waals surface area contributed by atoms with Gasteiger partial charge in [-0.2, -0.15) is 5.26 Å². The van der Waals surface area contributed by atoms with Crippen molar-refractivity contribution in [3.05, 3.63) is 36.1 Å². The molecule has 2 heteroatoms. The lowest BCUT2D eigenvalue weighted by Crippen LogP contribution is -1.95. The molecule has 0 saturated heterocycles. The van der Waals surface area contributed by atoms with Crippen molar-refractivity contribution < 1.29 is 4.74 Å². The van der Waals surface area contributed by atoms with Crippen molar-refractivity contribution in [2.24, 2.45) is 11.8 Å². The zero-order valence-electron chi connectivity index (χ0n) is 12.2. The molecule has 1 rings (SSSR count). The lowest BCUT2D eigenvalue weighted by atomic mass is 10.1. The zero-order valence-corrected chi connectivity index (χ0v) is 12.2. The van der Waals surface area contributed by atoms with E-state index in [0.29, 0.717) is 11.5 Å². The summed E-state index contributed by atoms with van der Waals surface area (Å²) in [5, 5.41) is 8.79. The maximum absolute atomic E-state index is 8.79. The van der Waals surface area contributed by atoms with Gasteiger partial charge in [-0.25, -0.2) is 0 Å². The summed E-state index contributed by atoms with van der Waals surface area (Å²) in [6.45, 7) is 8.73. The second-order valence-electron chi connectivity index (χ2n) is 5.36. The average molecular weight is 259 g/mol. The molecule has 0 heterocycles. The first kappa shape index (κ1) is 15.6. The van der Waals surface area contributed by atoms with Crippen LogP contribution in [0.5, 0.6) is 0 Å². The lowest BCUT2D eigenvalue weighted by molar-refractivity contribution is 0.215. The van der Waals surface area contributed by atoms with E-state index in [1.54, 1.807) is 6.08 Å². The van der Waals surface area contributed by atoms with Crippen molar-refractivity contribution in [2.75, 3.05) is 6.61 Å². The Morgan fingerprint density at radius 1 is 1.53 bits per heavy atom. The Bertz CT molecular complexity index is 383. The molecule has 0 N–H and O–H groups in total. The van der Waals surface area contributed by atoms with Crippen LogP contribution in [0, 0.1) is 23.2 Å². The van der Waals surface area contributed by atoms with Gasteiger partial charge in [-0.05, 0) is 36.8 Å². The summed E-state index contributed by atoms with van der Waals surface area (Å²) >= 11 is 0. The van der Waals surface area contributed by atoms with Gasteiger partial charge in [-0.3, -0.25) is 0 Å². The van der Waals surface area contributed by atoms with Crippen LogP contribution in [0.4, 0.5) is 0 Å². The van der Waals surface area contributed by atoms with Crippen LogP contribution in [-0.4, -0.2) is 6.61 Å². The van der Waals surface area contributed by atoms with Gasteiger partial charge >= 0.3 is 0 Å². The third-order valence-corrected chi connectivity index (χ3v) is 3.42. The fraction of sp³-hybridized carbons (Fsp3) is 0.588. The first-order valence-corrected chi connectivity index (χ1v) is 7.27. The summed E-state index contributed by atoms with van der Waals surface area (Å²) < 4.78 is 5.75. The van der Waals surface area contributed by atoms with Crippen molar-refractivity contribution >= 4 is 0 Å². The second kappa shape index (κ2) is 8.58. The van der Waals surface area contributed by atoms with E-state index in [9.17, 15) is 0 Å². The molecule has 0 bridgehead atoms. The molecular formula is C17H25NO. The van der Waals surface area contributed by atoms with Gasteiger partial charge in [0.1, 0.15) is 5.76 Å². The summed E-state index contributed by atoms with van der Waals surface area (Å²) in [5.74, 6) is 2.22. The van der Waals surface area contributed by atoms with E-state index in [0.717, 1.165) is 31.1 Å². The van der Waals surface area contributed by atoms with Gasteiger partial charge in [-0.15, -0.1) is 0 Å². The molecule has 1 saturated carbocycles. The molecule has 0 aromatic rings. The highest BCUT2D eigenvalue weighted by Crippen LogP contribution is 2.33. The number of hydrogen-bond acceptors (Lipinski definition) is 2. The fourth-order valence-electron chi connectivity index (χ4n) is 1.71. The topological polar surface area (TPSA) is 33.0 Å². The maximum atomic E-state index is 8.79. The van der Waals surface area contributed by atoms with E-state index in [4.69, 9.17) is 10.00 Å². The van der Waals surface area contributed by atoms with Gasteiger partial charge in [0.05, 0.1) is 12.7 Å². The molecule has 0 aromatic carbocycles. The molecular weight excluding hydrogens is 234 g/mol. The quantitative estimate of drug-likeness (QED) is 0.259. The van der Waals surface area contributed by atoms with Crippen LogP contribution in [0.15, 0.2) is 36.1 Å². The largest absolute Gasteiger partial charge is 0.494 e. The molecule has 1 atom stereocenters. The van der Waals surface area contributed by atoms with E-state index in [-0.39, 0.29) is 0 Å². The summed E-state index contributed by atoms with van der Waals surface area (Å²) in [7, 11) is 0. The van der Waals surface area contributed by atoms with Crippen LogP contribution in [0.1, 0.15) is 46.0 Å². The van der Waals surface area contributed by atoms with E-state index in [1.807, 2.05) is 12.1 Å².